The summed E-state index contributed by atoms with van der Waals surface area (Å²) >= 11 is 1.44. The van der Waals surface area contributed by atoms with Crippen LogP contribution in [0.25, 0.3) is 27.0 Å². The molecule has 0 spiro atoms. The van der Waals surface area contributed by atoms with E-state index in [1.807, 2.05) is 65.3 Å². The van der Waals surface area contributed by atoms with E-state index in [0.717, 1.165) is 83.2 Å². The lowest BCUT2D eigenvalue weighted by Crippen LogP contribution is -2.48. The number of pyridine rings is 1. The fraction of sp³-hybridized carbons (Fsp3) is 0.405. The van der Waals surface area contributed by atoms with Gasteiger partial charge in [0.05, 0.1) is 41.0 Å². The van der Waals surface area contributed by atoms with E-state index in [1.165, 1.54) is 57.0 Å². The molecule has 2 aromatic carbocycles. The van der Waals surface area contributed by atoms with E-state index in [4.69, 9.17) is 14.8 Å². The van der Waals surface area contributed by atoms with E-state index in [0.29, 0.717) is 38.8 Å². The van der Waals surface area contributed by atoms with E-state index >= 15 is 0 Å². The van der Waals surface area contributed by atoms with Crippen molar-refractivity contribution in [1.29, 1.82) is 0 Å². The van der Waals surface area contributed by atoms with Gasteiger partial charge in [-0.25, -0.2) is 14.8 Å². The number of para-hydroxylation sites is 1. The van der Waals surface area contributed by atoms with Crippen LogP contribution < -0.4 is 20.9 Å². The van der Waals surface area contributed by atoms with Gasteiger partial charge in [-0.2, -0.15) is 5.10 Å². The monoisotopic (exact) mass is 755 g/mol. The molecule has 0 atom stereocenters. The maximum Gasteiger partial charge on any atom is 0.342 e. The highest BCUT2D eigenvalue weighted by molar-refractivity contribution is 7.22. The first-order valence-electron chi connectivity index (χ1n) is 19.5. The Labute approximate surface area is 323 Å². The third-order valence-corrected chi connectivity index (χ3v) is 13.6. The second kappa shape index (κ2) is 13.5. The number of hydrogen-bond acceptors (Lipinski definition) is 10. The molecule has 1 aliphatic heterocycles. The fourth-order valence-corrected chi connectivity index (χ4v) is 11.4. The maximum atomic E-state index is 14.1. The van der Waals surface area contributed by atoms with Gasteiger partial charge in [0.25, 0.3) is 5.91 Å². The molecule has 0 unspecified atom stereocenters. The molecule has 5 aliphatic rings. The summed E-state index contributed by atoms with van der Waals surface area (Å²) in [6.45, 7) is 6.48. The van der Waals surface area contributed by atoms with Crippen molar-refractivity contribution in [3.63, 3.8) is 0 Å². The number of amides is 1. The first kappa shape index (κ1) is 34.2. The molecule has 4 aliphatic carbocycles. The molecular weight excluding hydrogens is 711 g/mol. The normalized spacial score (nSPS) is 23.1. The first-order chi connectivity index (χ1) is 26.8. The number of aromatic nitrogens is 5. The van der Waals surface area contributed by atoms with Crippen molar-refractivity contribution < 1.29 is 14.3 Å². The Morgan fingerprint density at radius 2 is 1.75 bits per heavy atom. The van der Waals surface area contributed by atoms with Crippen LogP contribution in [0.5, 0.6) is 0 Å². The second-order valence-corrected chi connectivity index (χ2v) is 17.2. The predicted octanol–water partition coefficient (Wildman–Crippen LogP) is 7.52. The number of nitrogens with one attached hydrogen (secondary N) is 3. The van der Waals surface area contributed by atoms with Crippen LogP contribution in [-0.4, -0.2) is 69.3 Å². The number of rotatable bonds is 9. The minimum absolute atomic E-state index is 0.272. The van der Waals surface area contributed by atoms with Crippen LogP contribution >= 0.6 is 11.3 Å². The molecule has 11 rings (SSSR count). The number of thiazole rings is 1. The van der Waals surface area contributed by atoms with Gasteiger partial charge in [0.15, 0.2) is 10.8 Å². The van der Waals surface area contributed by atoms with Crippen LogP contribution in [0.3, 0.4) is 0 Å². The Kier molecular flexibility index (Phi) is 8.39. The largest absolute Gasteiger partial charge is 0.465 e. The van der Waals surface area contributed by atoms with Gasteiger partial charge >= 0.3 is 5.97 Å². The zero-order valence-corrected chi connectivity index (χ0v) is 32.0. The number of imidazole rings is 1. The van der Waals surface area contributed by atoms with Gasteiger partial charge in [-0.05, 0) is 105 Å². The molecule has 1 saturated heterocycles. The Bertz CT molecular complexity index is 2390. The lowest BCUT2D eigenvalue weighted by Gasteiger charge is -2.56. The Balaban J connectivity index is 0.979. The van der Waals surface area contributed by atoms with Gasteiger partial charge in [-0.3, -0.25) is 19.2 Å². The van der Waals surface area contributed by atoms with Crippen LogP contribution in [-0.2, 0) is 11.3 Å². The number of piperazine rings is 1. The lowest BCUT2D eigenvalue weighted by molar-refractivity contribution is -0.0638. The molecule has 3 N–H and O–H groups in total. The van der Waals surface area contributed by atoms with Crippen LogP contribution in [0.4, 0.5) is 22.3 Å². The molecule has 0 radical (unpaired) electrons. The van der Waals surface area contributed by atoms with Crippen molar-refractivity contribution >= 4 is 61.4 Å². The molecule has 1 amide bonds. The number of methoxy groups -OCH3 is 1. The number of carbonyl (C=O) groups is 2. The number of hydrogen-bond donors (Lipinski definition) is 3. The SMILES string of the molecule is COC(=O)c1c(-c2cnn(CC34CC5CC(CC(C5)C3)C4)c2C)ccn2c(Nc3ccc(N4CCNCC4)cc3C(=O)Nc3nc4ccccc4s3)cnc12. The first-order valence-corrected chi connectivity index (χ1v) is 20.3. The second-order valence-electron chi connectivity index (χ2n) is 16.2. The number of esters is 1. The third-order valence-electron chi connectivity index (χ3n) is 12.6. The molecule has 5 fully saturated rings. The van der Waals surface area contributed by atoms with Gasteiger partial charge in [0.1, 0.15) is 11.4 Å². The molecule has 5 heterocycles. The van der Waals surface area contributed by atoms with Crippen molar-refractivity contribution in [2.75, 3.05) is 48.8 Å². The van der Waals surface area contributed by atoms with Crippen molar-refractivity contribution in [1.82, 2.24) is 29.5 Å². The summed E-state index contributed by atoms with van der Waals surface area (Å²) in [4.78, 5) is 39.3. The van der Waals surface area contributed by atoms with Crippen LogP contribution in [0.2, 0.25) is 0 Å². The number of nitrogens with zero attached hydrogens (tertiary/aromatic N) is 6. The maximum absolute atomic E-state index is 14.1. The van der Waals surface area contributed by atoms with E-state index in [1.54, 1.807) is 6.20 Å². The number of fused-ring (bicyclic) bond motifs is 2. The molecule has 4 aromatic heterocycles. The summed E-state index contributed by atoms with van der Waals surface area (Å²) in [6.07, 6.45) is 13.6. The molecule has 4 saturated carbocycles. The van der Waals surface area contributed by atoms with Gasteiger partial charge < -0.3 is 20.3 Å². The molecule has 6 aromatic rings. The van der Waals surface area contributed by atoms with Crippen molar-refractivity contribution in [2.24, 2.45) is 23.2 Å². The highest BCUT2D eigenvalue weighted by Crippen LogP contribution is 2.60. The van der Waals surface area contributed by atoms with Crippen LogP contribution in [0.1, 0.15) is 64.9 Å². The number of ether oxygens (including phenoxy) is 1. The molecular formula is C42H45N9O3S. The summed E-state index contributed by atoms with van der Waals surface area (Å²) in [5.41, 5.74) is 6.73. The quantitative estimate of drug-likeness (QED) is 0.128. The Morgan fingerprint density at radius 3 is 2.49 bits per heavy atom. The predicted molar refractivity (Wildman–Crippen MR) is 215 cm³/mol. The average Bonchev–Trinajstić information content (AvgIpc) is 3.90. The van der Waals surface area contributed by atoms with Gasteiger partial charge in [0, 0.05) is 61.4 Å². The lowest BCUT2D eigenvalue weighted by atomic mass is 9.49. The van der Waals surface area contributed by atoms with Crippen molar-refractivity contribution in [2.45, 2.75) is 52.0 Å². The van der Waals surface area contributed by atoms with Gasteiger partial charge in [-0.15, -0.1) is 0 Å². The minimum atomic E-state index is -0.470. The summed E-state index contributed by atoms with van der Waals surface area (Å²) in [5, 5.41) is 15.4. The van der Waals surface area contributed by atoms with Crippen molar-refractivity contribution in [3.05, 3.63) is 83.9 Å². The summed E-state index contributed by atoms with van der Waals surface area (Å²) < 4.78 is 10.4. The minimum Gasteiger partial charge on any atom is -0.465 e. The molecule has 12 nitrogen and oxygen atoms in total. The fourth-order valence-electron chi connectivity index (χ4n) is 10.5. The van der Waals surface area contributed by atoms with Crippen LogP contribution in [0.15, 0.2) is 67.1 Å². The third kappa shape index (κ3) is 6.13. The Morgan fingerprint density at radius 1 is 0.982 bits per heavy atom. The number of benzene rings is 2. The van der Waals surface area contributed by atoms with E-state index in [2.05, 4.69) is 37.4 Å². The van der Waals surface area contributed by atoms with E-state index < -0.39 is 5.97 Å². The number of anilines is 4. The topological polar surface area (TPSA) is 131 Å². The van der Waals surface area contributed by atoms with E-state index in [-0.39, 0.29) is 5.91 Å². The zero-order chi connectivity index (χ0) is 37.3. The van der Waals surface area contributed by atoms with Gasteiger partial charge in [0.2, 0.25) is 0 Å². The highest BCUT2D eigenvalue weighted by Gasteiger charge is 2.51. The smallest absolute Gasteiger partial charge is 0.342 e. The average molecular weight is 756 g/mol. The summed E-state index contributed by atoms with van der Waals surface area (Å²) in [5.74, 6) is 2.46. The number of carbonyl (C=O) groups excluding carboxylic acids is 2. The molecule has 55 heavy (non-hydrogen) atoms. The van der Waals surface area contributed by atoms with Gasteiger partial charge in [-0.1, -0.05) is 23.5 Å². The molecule has 4 bridgehead atoms. The zero-order valence-electron chi connectivity index (χ0n) is 31.2. The summed E-state index contributed by atoms with van der Waals surface area (Å²) in [6, 6.07) is 15.7. The molecule has 13 heteroatoms. The van der Waals surface area contributed by atoms with E-state index in [9.17, 15) is 9.59 Å². The van der Waals surface area contributed by atoms with Crippen LogP contribution in [0, 0.1) is 30.1 Å². The molecule has 282 valence electrons. The van der Waals surface area contributed by atoms with Crippen molar-refractivity contribution in [3.8, 4) is 11.1 Å². The highest BCUT2D eigenvalue weighted by atomic mass is 32.1. The summed E-state index contributed by atoms with van der Waals surface area (Å²) in [7, 11) is 1.40. The Hall–Kier alpha value is -5.27. The standard InChI is InChI=1S/C42H45N9O3S/c1-25-32(22-45-51(25)24-42-19-26-15-27(20-42)17-28(16-26)21-42)30-9-12-50-36(23-44-38(50)37(30)40(53)54-2)46-33-8-7-29(49-13-10-43-11-14-49)18-31(33)39(52)48-41-47-34-5-3-4-6-35(34)55-41/h3-9,12,18,22-23,26-28,43,46H,10-11,13-17,19-21,24H2,1-2H3,(H,47,48,52).